The number of benzene rings is 8. The summed E-state index contributed by atoms with van der Waals surface area (Å²) in [5.74, 6) is 0. The van der Waals surface area contributed by atoms with Crippen LogP contribution in [0.1, 0.15) is 0 Å². The molecule has 0 atom stereocenters. The summed E-state index contributed by atoms with van der Waals surface area (Å²) < 4.78 is 0. The van der Waals surface area contributed by atoms with E-state index in [4.69, 9.17) is 19.1 Å². The number of hydrogen-bond acceptors (Lipinski definition) is 0. The van der Waals surface area contributed by atoms with Gasteiger partial charge in [-0.15, -0.1) is 0 Å². The van der Waals surface area contributed by atoms with Crippen LogP contribution in [0.15, 0.2) is 206 Å². The molecule has 0 aliphatic carbocycles. The molecule has 244 valence electrons. The Morgan fingerprint density at radius 1 is 0.286 bits per heavy atom. The zero-order valence-electron chi connectivity index (χ0n) is 26.6. The van der Waals surface area contributed by atoms with Crippen molar-refractivity contribution in [3.8, 4) is 0 Å². The Bertz CT molecular complexity index is 1930. The van der Waals surface area contributed by atoms with Gasteiger partial charge < -0.3 is 0 Å². The third-order valence-electron chi connectivity index (χ3n) is 8.07. The average molecular weight is 802 g/mol. The molecule has 0 aliphatic heterocycles. The van der Waals surface area contributed by atoms with Crippen molar-refractivity contribution in [3.63, 3.8) is 0 Å². The molecule has 8 rings (SSSR count). The number of halogens is 2. The van der Waals surface area contributed by atoms with Gasteiger partial charge in [0.05, 0.1) is 0 Å². The molecule has 0 nitrogen and oxygen atoms in total. The minimum absolute atomic E-state index is 0.106. The first-order chi connectivity index (χ1) is 24.3. The largest absolute Gasteiger partial charge is 0.0622 e. The van der Waals surface area contributed by atoms with E-state index in [9.17, 15) is 0 Å². The summed E-state index contributed by atoms with van der Waals surface area (Å²) in [6.45, 7) is 0. The van der Waals surface area contributed by atoms with Gasteiger partial charge in [0.2, 0.25) is 0 Å². The summed E-state index contributed by atoms with van der Waals surface area (Å²) in [6.07, 6.45) is 0. The summed E-state index contributed by atoms with van der Waals surface area (Å²) >= 11 is -0.106. The van der Waals surface area contributed by atoms with Crippen LogP contribution in [0.2, 0.25) is 0 Å². The predicted molar refractivity (Wildman–Crippen MR) is 217 cm³/mol. The van der Waals surface area contributed by atoms with Gasteiger partial charge in [-0.05, 0) is 69.2 Å². The van der Waals surface area contributed by atoms with Gasteiger partial charge in [0.15, 0.2) is 0 Å². The van der Waals surface area contributed by atoms with Gasteiger partial charge in [0.25, 0.3) is 0 Å². The van der Waals surface area contributed by atoms with Gasteiger partial charge in [0, 0.05) is 0 Å². The Morgan fingerprint density at radius 3 is 0.837 bits per heavy atom. The normalized spacial score (nSPS) is 10.8. The Hall–Kier alpha value is -3.62. The smallest absolute Gasteiger partial charge is 0.00726 e. The fraction of sp³-hybridized carbons (Fsp3) is 0. The van der Waals surface area contributed by atoms with Crippen LogP contribution in [0, 0.1) is 0 Å². The molecule has 8 aromatic rings. The van der Waals surface area contributed by atoms with Crippen LogP contribution >= 0.6 is 34.9 Å². The van der Waals surface area contributed by atoms with E-state index in [1.165, 1.54) is 53.4 Å². The first-order valence-corrected chi connectivity index (χ1v) is 22.6. The Balaban J connectivity index is 0.000000158. The zero-order chi connectivity index (χ0) is 33.7. The molecular weight excluding hydrogens is 768 g/mol. The molecule has 5 heteroatoms. The van der Waals surface area contributed by atoms with Crippen LogP contribution in [0.25, 0.3) is 21.5 Å². The first kappa shape index (κ1) is 35.2. The minimum atomic E-state index is -0.546. The fourth-order valence-corrected chi connectivity index (χ4v) is 10.9. The van der Waals surface area contributed by atoms with E-state index >= 15 is 0 Å². The van der Waals surface area contributed by atoms with Crippen molar-refractivity contribution in [2.24, 2.45) is 0 Å². The number of rotatable bonds is 6. The first-order valence-electron chi connectivity index (χ1n) is 15.9. The van der Waals surface area contributed by atoms with Crippen molar-refractivity contribution in [1.82, 2.24) is 0 Å². The van der Waals surface area contributed by atoms with Gasteiger partial charge in [0.1, 0.15) is 0 Å². The summed E-state index contributed by atoms with van der Waals surface area (Å²) in [5.41, 5.74) is 0. The Kier molecular flexibility index (Phi) is 13.2. The van der Waals surface area contributed by atoms with Crippen LogP contribution in [-0.2, 0) is 15.9 Å². The molecule has 0 aliphatic rings. The van der Waals surface area contributed by atoms with Crippen molar-refractivity contribution in [2.45, 2.75) is 0 Å². The van der Waals surface area contributed by atoms with Gasteiger partial charge in [-0.2, -0.15) is 0 Å². The maximum atomic E-state index is 4.81. The van der Waals surface area contributed by atoms with E-state index in [0.717, 1.165) is 0 Å². The van der Waals surface area contributed by atoms with E-state index in [1.807, 2.05) is 0 Å². The van der Waals surface area contributed by atoms with Gasteiger partial charge in [-0.25, -0.2) is 0 Å². The van der Waals surface area contributed by atoms with Gasteiger partial charge in [-0.1, -0.05) is 206 Å². The molecule has 0 heterocycles. The van der Waals surface area contributed by atoms with Crippen LogP contribution in [0.4, 0.5) is 0 Å². The van der Waals surface area contributed by atoms with Crippen molar-refractivity contribution in [1.29, 1.82) is 0 Å². The molecule has 0 spiro atoms. The number of fused-ring (bicyclic) bond motifs is 2. The molecule has 8 aromatic carbocycles. The predicted octanol–water partition coefficient (Wildman–Crippen LogP) is 10.6. The molecule has 0 fully saturated rings. The van der Waals surface area contributed by atoms with Crippen molar-refractivity contribution in [3.05, 3.63) is 206 Å². The molecule has 0 aromatic heterocycles. The summed E-state index contributed by atoms with van der Waals surface area (Å²) in [7, 11) is 8.54. The SMILES string of the molecule is [Cl][Pd][Cl].c1ccc(P(c2ccccc2)c2cccc3ccccc23)cc1.c1ccc(P(c2ccccc2)c2cccc3ccccc23)cc1. The van der Waals surface area contributed by atoms with Crippen LogP contribution < -0.4 is 31.8 Å². The molecule has 0 saturated heterocycles. The molecule has 0 unspecified atom stereocenters. The monoisotopic (exact) mass is 800 g/mol. The molecule has 0 saturated carbocycles. The third kappa shape index (κ3) is 8.95. The minimum Gasteiger partial charge on any atom is -0.0622 e. The molecule has 0 amide bonds. The second kappa shape index (κ2) is 18.4. The Morgan fingerprint density at radius 2 is 0.531 bits per heavy atom. The van der Waals surface area contributed by atoms with Crippen LogP contribution in [-0.4, -0.2) is 0 Å². The summed E-state index contributed by atoms with van der Waals surface area (Å²) in [6, 6.07) is 74.1. The van der Waals surface area contributed by atoms with E-state index in [-0.39, 0.29) is 15.9 Å². The summed E-state index contributed by atoms with van der Waals surface area (Å²) in [4.78, 5) is 0. The van der Waals surface area contributed by atoms with Crippen LogP contribution in [0.3, 0.4) is 0 Å². The van der Waals surface area contributed by atoms with Crippen molar-refractivity contribution in [2.75, 3.05) is 0 Å². The molecule has 0 N–H and O–H groups in total. The third-order valence-corrected chi connectivity index (χ3v) is 13.1. The van der Waals surface area contributed by atoms with E-state index < -0.39 is 15.8 Å². The second-order valence-electron chi connectivity index (χ2n) is 11.1. The molecule has 0 bridgehead atoms. The molecule has 49 heavy (non-hydrogen) atoms. The van der Waals surface area contributed by atoms with E-state index in [2.05, 4.69) is 206 Å². The standard InChI is InChI=1S/2C22H17P.2ClH.Pd/c2*1-3-12-19(13-4-1)23(20-14-5-2-6-15-20)22-17-9-11-18-10-7-8-16-21(18)22;;;/h2*1-17H;2*1H;/q;;;;+2/p-2. The zero-order valence-corrected chi connectivity index (χ0v) is 31.5. The molecule has 0 radical (unpaired) electrons. The molecular formula is C44H34Cl2P2Pd. The van der Waals surface area contributed by atoms with Gasteiger partial charge in [-0.3, -0.25) is 0 Å². The second-order valence-corrected chi connectivity index (χ2v) is 17.8. The maximum absolute atomic E-state index is 4.81. The van der Waals surface area contributed by atoms with Gasteiger partial charge >= 0.3 is 35.0 Å². The van der Waals surface area contributed by atoms with E-state index in [0.29, 0.717) is 0 Å². The van der Waals surface area contributed by atoms with E-state index in [1.54, 1.807) is 0 Å². The quantitative estimate of drug-likeness (QED) is 0.116. The van der Waals surface area contributed by atoms with Crippen LogP contribution in [0.5, 0.6) is 0 Å². The fourth-order valence-electron chi connectivity index (χ4n) is 5.97. The number of hydrogen-bond donors (Lipinski definition) is 0. The Labute approximate surface area is 308 Å². The topological polar surface area (TPSA) is 0 Å². The maximum Gasteiger partial charge on any atom is -0.00726 e. The van der Waals surface area contributed by atoms with Crippen molar-refractivity contribution < 1.29 is 15.9 Å². The average Bonchev–Trinajstić information content (AvgIpc) is 3.18. The summed E-state index contributed by atoms with van der Waals surface area (Å²) in [5, 5.41) is 13.8. The van der Waals surface area contributed by atoms with Crippen molar-refractivity contribution >= 4 is 88.3 Å².